The third kappa shape index (κ3) is 7.12. The number of aryl methyl sites for hydroxylation is 2. The van der Waals surface area contributed by atoms with Crippen molar-refractivity contribution in [3.05, 3.63) is 29.3 Å². The molecule has 23 heavy (non-hydrogen) atoms. The monoisotopic (exact) mass is 395 g/mol. The molecule has 0 bridgehead atoms. The number of hydrogen-bond donors (Lipinski definition) is 3. The van der Waals surface area contributed by atoms with Gasteiger partial charge in [-0.1, -0.05) is 53.9 Å². The van der Waals surface area contributed by atoms with Crippen molar-refractivity contribution in [2.75, 3.05) is 5.32 Å². The average Bonchev–Trinajstić information content (AvgIpc) is 2.41. The minimum atomic E-state index is -1.74. The molecule has 0 saturated heterocycles. The van der Waals surface area contributed by atoms with E-state index in [1.807, 2.05) is 39.0 Å². The highest BCUT2D eigenvalue weighted by Crippen LogP contribution is 2.29. The van der Waals surface area contributed by atoms with E-state index >= 15 is 0 Å². The summed E-state index contributed by atoms with van der Waals surface area (Å²) >= 11 is 23.0. The molecule has 1 amide bonds. The topological polar surface area (TPSA) is 53.2 Å². The molecule has 0 unspecified atom stereocenters. The minimum absolute atomic E-state index is 0.217. The van der Waals surface area contributed by atoms with Crippen molar-refractivity contribution in [2.24, 2.45) is 0 Å². The van der Waals surface area contributed by atoms with E-state index in [-0.39, 0.29) is 11.0 Å². The number of carbonyl (C=O) groups is 1. The normalized spacial score (nSPS) is 12.4. The number of alkyl halides is 3. The van der Waals surface area contributed by atoms with Crippen molar-refractivity contribution in [3.63, 3.8) is 0 Å². The van der Waals surface area contributed by atoms with E-state index < -0.39 is 9.96 Å². The van der Waals surface area contributed by atoms with Crippen molar-refractivity contribution < 1.29 is 4.79 Å². The molecule has 0 aromatic heterocycles. The van der Waals surface area contributed by atoms with Crippen molar-refractivity contribution in [3.8, 4) is 0 Å². The lowest BCUT2D eigenvalue weighted by atomic mass is 10.1. The molecule has 1 aromatic rings. The predicted molar refractivity (Wildman–Crippen MR) is 102 cm³/mol. The van der Waals surface area contributed by atoms with Crippen LogP contribution < -0.4 is 16.0 Å². The van der Waals surface area contributed by atoms with Gasteiger partial charge in [-0.2, -0.15) is 0 Å². The molecule has 0 saturated carbocycles. The Morgan fingerprint density at radius 1 is 1.26 bits per heavy atom. The maximum atomic E-state index is 11.7. The van der Waals surface area contributed by atoms with Crippen LogP contribution in [0.15, 0.2) is 18.2 Å². The second-order valence-electron chi connectivity index (χ2n) is 5.21. The Labute approximate surface area is 157 Å². The van der Waals surface area contributed by atoms with Crippen LogP contribution in [0.2, 0.25) is 0 Å². The van der Waals surface area contributed by atoms with Gasteiger partial charge in [-0.3, -0.25) is 4.79 Å². The van der Waals surface area contributed by atoms with Gasteiger partial charge >= 0.3 is 0 Å². The summed E-state index contributed by atoms with van der Waals surface area (Å²) in [4.78, 5) is 11.7. The zero-order chi connectivity index (χ0) is 17.6. The largest absolute Gasteiger partial charge is 0.339 e. The van der Waals surface area contributed by atoms with Crippen LogP contribution >= 0.6 is 47.0 Å². The molecule has 0 fully saturated rings. The van der Waals surface area contributed by atoms with Gasteiger partial charge in [-0.25, -0.2) is 0 Å². The lowest BCUT2D eigenvalue weighted by Gasteiger charge is -2.28. The molecule has 128 valence electrons. The van der Waals surface area contributed by atoms with Gasteiger partial charge in [0.25, 0.3) is 0 Å². The molecule has 0 spiro atoms. The molecule has 0 radical (unpaired) electrons. The fourth-order valence-corrected chi connectivity index (χ4v) is 2.38. The first-order chi connectivity index (χ1) is 10.6. The van der Waals surface area contributed by atoms with Gasteiger partial charge in [0.1, 0.15) is 6.17 Å². The lowest BCUT2D eigenvalue weighted by Crippen LogP contribution is -2.56. The molecule has 3 N–H and O–H groups in total. The zero-order valence-electron chi connectivity index (χ0n) is 13.2. The smallest absolute Gasteiger partial charge is 0.228 e. The molecule has 1 aromatic carbocycles. The second kappa shape index (κ2) is 8.92. The summed E-state index contributed by atoms with van der Waals surface area (Å²) in [6.07, 6.45) is 0.108. The van der Waals surface area contributed by atoms with Gasteiger partial charge in [-0.05, 0) is 49.7 Å². The minimum Gasteiger partial charge on any atom is -0.339 e. The van der Waals surface area contributed by atoms with Crippen LogP contribution in [0.1, 0.15) is 30.9 Å². The van der Waals surface area contributed by atoms with Gasteiger partial charge in [0.05, 0.1) is 0 Å². The number of hydrogen-bond acceptors (Lipinski definition) is 2. The van der Waals surface area contributed by atoms with Gasteiger partial charge in [-0.15, -0.1) is 0 Å². The molecule has 4 nitrogen and oxygen atoms in total. The third-order valence-corrected chi connectivity index (χ3v) is 3.90. The highest BCUT2D eigenvalue weighted by Gasteiger charge is 2.34. The zero-order valence-corrected chi connectivity index (χ0v) is 16.3. The summed E-state index contributed by atoms with van der Waals surface area (Å²) in [5.74, 6) is -0.217. The highest BCUT2D eigenvalue weighted by molar-refractivity contribution is 7.80. The molecule has 0 heterocycles. The summed E-state index contributed by atoms with van der Waals surface area (Å²) in [7, 11) is 0. The molecule has 0 aliphatic carbocycles. The average molecular weight is 397 g/mol. The first kappa shape index (κ1) is 20.3. The molecule has 0 aliphatic rings. The summed E-state index contributed by atoms with van der Waals surface area (Å²) < 4.78 is -1.74. The van der Waals surface area contributed by atoms with Crippen LogP contribution in [-0.4, -0.2) is 21.0 Å². The van der Waals surface area contributed by atoms with Gasteiger partial charge in [0.2, 0.25) is 9.70 Å². The van der Waals surface area contributed by atoms with E-state index in [0.717, 1.165) is 16.8 Å². The number of anilines is 1. The Kier molecular flexibility index (Phi) is 7.87. The first-order valence-corrected chi connectivity index (χ1v) is 8.68. The molecular formula is C15H20Cl3N3OS. The van der Waals surface area contributed by atoms with Gasteiger partial charge < -0.3 is 16.0 Å². The molecule has 8 heteroatoms. The van der Waals surface area contributed by atoms with E-state index in [4.69, 9.17) is 47.0 Å². The maximum Gasteiger partial charge on any atom is 0.228 e. The van der Waals surface area contributed by atoms with Crippen LogP contribution in [0.5, 0.6) is 0 Å². The van der Waals surface area contributed by atoms with Crippen molar-refractivity contribution in [1.29, 1.82) is 0 Å². The number of thiocarbonyl (C=S) groups is 1. The van der Waals surface area contributed by atoms with Crippen LogP contribution in [0, 0.1) is 13.8 Å². The number of nitrogens with one attached hydrogen (secondary N) is 3. The Bertz CT molecular complexity index is 576. The number of halogens is 3. The second-order valence-corrected chi connectivity index (χ2v) is 7.99. The van der Waals surface area contributed by atoms with Crippen molar-refractivity contribution >= 4 is 63.7 Å². The number of carbonyl (C=O) groups excluding carboxylic acids is 1. The van der Waals surface area contributed by atoms with Gasteiger partial charge in [0.15, 0.2) is 5.11 Å². The predicted octanol–water partition coefficient (Wildman–Crippen LogP) is 4.20. The van der Waals surface area contributed by atoms with Crippen molar-refractivity contribution in [1.82, 2.24) is 10.6 Å². The van der Waals surface area contributed by atoms with Crippen LogP contribution in [0.4, 0.5) is 5.69 Å². The summed E-state index contributed by atoms with van der Waals surface area (Å²) in [5, 5.41) is 8.77. The SMILES string of the molecule is CCCC(=O)N[C@@H](NC(=S)Nc1cc(C)ccc1C)C(Cl)(Cl)Cl. The Balaban J connectivity index is 2.77. The van der Waals surface area contributed by atoms with E-state index in [9.17, 15) is 4.79 Å². The summed E-state index contributed by atoms with van der Waals surface area (Å²) in [5.41, 5.74) is 2.97. The maximum absolute atomic E-state index is 11.7. The van der Waals surface area contributed by atoms with E-state index in [1.165, 1.54) is 0 Å². The summed E-state index contributed by atoms with van der Waals surface area (Å²) in [6, 6.07) is 5.95. The Morgan fingerprint density at radius 3 is 2.48 bits per heavy atom. The van der Waals surface area contributed by atoms with Crippen LogP contribution in [0.25, 0.3) is 0 Å². The first-order valence-electron chi connectivity index (χ1n) is 7.14. The van der Waals surface area contributed by atoms with Crippen molar-refractivity contribution in [2.45, 2.75) is 43.6 Å². The summed E-state index contributed by atoms with van der Waals surface area (Å²) in [6.45, 7) is 5.83. The number of amides is 1. The highest BCUT2D eigenvalue weighted by atomic mass is 35.6. The van der Waals surface area contributed by atoms with E-state index in [2.05, 4.69) is 16.0 Å². The third-order valence-electron chi connectivity index (χ3n) is 3.03. The molecule has 1 rings (SSSR count). The number of benzene rings is 1. The van der Waals surface area contributed by atoms with Crippen LogP contribution in [0.3, 0.4) is 0 Å². The van der Waals surface area contributed by atoms with E-state index in [0.29, 0.717) is 12.8 Å². The van der Waals surface area contributed by atoms with Crippen LogP contribution in [-0.2, 0) is 4.79 Å². The quantitative estimate of drug-likeness (QED) is 0.396. The lowest BCUT2D eigenvalue weighted by molar-refractivity contribution is -0.121. The molecule has 1 atom stereocenters. The molecular weight excluding hydrogens is 377 g/mol. The Morgan fingerprint density at radius 2 is 1.91 bits per heavy atom. The van der Waals surface area contributed by atoms with Gasteiger partial charge in [0, 0.05) is 12.1 Å². The van der Waals surface area contributed by atoms with E-state index in [1.54, 1.807) is 0 Å². The number of rotatable bonds is 5. The standard InChI is InChI=1S/C15H20Cl3N3OS/c1-4-5-12(22)20-13(15(16,17)18)21-14(23)19-11-8-9(2)6-7-10(11)3/h6-8,13H,4-5H2,1-3H3,(H,20,22)(H2,19,21,23)/t13-/m0/s1. The Hall–Kier alpha value is -0.750. The fraction of sp³-hybridized carbons (Fsp3) is 0.467. The molecule has 0 aliphatic heterocycles. The fourth-order valence-electron chi connectivity index (χ4n) is 1.82.